The van der Waals surface area contributed by atoms with Gasteiger partial charge >= 0.3 is 6.09 Å². The molecule has 3 rings (SSSR count). The SMILES string of the molecule is CCCCCCCCOc1ccc(C#Cc2ccc(N3C[C@@H](CCCCCC)OC3=O)cc2)cc1. The zero-order valence-corrected chi connectivity index (χ0v) is 21.6. The van der Waals surface area contributed by atoms with E-state index in [1.807, 2.05) is 48.5 Å². The van der Waals surface area contributed by atoms with Crippen molar-refractivity contribution in [2.75, 3.05) is 18.1 Å². The van der Waals surface area contributed by atoms with Gasteiger partial charge in [0.1, 0.15) is 11.9 Å². The Morgan fingerprint density at radius 2 is 1.37 bits per heavy atom. The van der Waals surface area contributed by atoms with Crippen molar-refractivity contribution in [1.82, 2.24) is 0 Å². The number of ether oxygens (including phenoxy) is 2. The van der Waals surface area contributed by atoms with Gasteiger partial charge in [0.05, 0.1) is 13.2 Å². The van der Waals surface area contributed by atoms with E-state index >= 15 is 0 Å². The molecule has 2 aromatic carbocycles. The molecule has 0 bridgehead atoms. The number of benzene rings is 2. The van der Waals surface area contributed by atoms with Gasteiger partial charge in [-0.05, 0) is 67.8 Å². The summed E-state index contributed by atoms with van der Waals surface area (Å²) in [5.74, 6) is 7.32. The average Bonchev–Trinajstić information content (AvgIpc) is 3.26. The van der Waals surface area contributed by atoms with Gasteiger partial charge in [0, 0.05) is 16.8 Å². The van der Waals surface area contributed by atoms with Gasteiger partial charge in [-0.1, -0.05) is 77.1 Å². The molecule has 1 aliphatic rings. The first-order valence-electron chi connectivity index (χ1n) is 13.5. The predicted octanol–water partition coefficient (Wildman–Crippen LogP) is 8.12. The molecular weight excluding hydrogens is 434 g/mol. The Hall–Kier alpha value is -2.93. The van der Waals surface area contributed by atoms with Gasteiger partial charge in [-0.2, -0.15) is 0 Å². The third-order valence-corrected chi connectivity index (χ3v) is 6.40. The van der Waals surface area contributed by atoms with Crippen molar-refractivity contribution in [2.45, 2.75) is 90.6 Å². The monoisotopic (exact) mass is 475 g/mol. The maximum absolute atomic E-state index is 12.3. The zero-order chi connectivity index (χ0) is 24.7. The molecule has 0 radical (unpaired) electrons. The minimum absolute atomic E-state index is 0.00318. The molecule has 1 aliphatic heterocycles. The summed E-state index contributed by atoms with van der Waals surface area (Å²) in [6, 6.07) is 15.8. The van der Waals surface area contributed by atoms with E-state index in [0.29, 0.717) is 6.54 Å². The van der Waals surface area contributed by atoms with Crippen molar-refractivity contribution in [3.05, 3.63) is 59.7 Å². The lowest BCUT2D eigenvalue weighted by Crippen LogP contribution is -2.24. The molecule has 0 unspecified atom stereocenters. The van der Waals surface area contributed by atoms with Gasteiger partial charge in [0.15, 0.2) is 0 Å². The van der Waals surface area contributed by atoms with Gasteiger partial charge in [0.25, 0.3) is 0 Å². The number of hydrogen-bond acceptors (Lipinski definition) is 3. The second-order valence-corrected chi connectivity index (χ2v) is 9.40. The molecule has 1 fully saturated rings. The van der Waals surface area contributed by atoms with Crippen molar-refractivity contribution >= 4 is 11.8 Å². The molecule has 35 heavy (non-hydrogen) atoms. The van der Waals surface area contributed by atoms with Crippen LogP contribution in [0.4, 0.5) is 10.5 Å². The van der Waals surface area contributed by atoms with Gasteiger partial charge < -0.3 is 9.47 Å². The first-order valence-corrected chi connectivity index (χ1v) is 13.5. The topological polar surface area (TPSA) is 38.8 Å². The Morgan fingerprint density at radius 3 is 2.03 bits per heavy atom. The van der Waals surface area contributed by atoms with E-state index in [2.05, 4.69) is 25.7 Å². The molecule has 1 saturated heterocycles. The third kappa shape index (κ3) is 9.32. The van der Waals surface area contributed by atoms with E-state index in [9.17, 15) is 4.79 Å². The second kappa shape index (κ2) is 15.1. The molecule has 4 nitrogen and oxygen atoms in total. The fourth-order valence-electron chi connectivity index (χ4n) is 4.26. The molecular formula is C31H41NO3. The maximum Gasteiger partial charge on any atom is 0.414 e. The first-order chi connectivity index (χ1) is 17.2. The molecule has 1 atom stereocenters. The van der Waals surface area contributed by atoms with E-state index in [0.717, 1.165) is 48.4 Å². The summed E-state index contributed by atoms with van der Waals surface area (Å²) in [5, 5.41) is 0. The number of nitrogens with zero attached hydrogens (tertiary/aromatic N) is 1. The lowest BCUT2D eigenvalue weighted by molar-refractivity contribution is 0.135. The van der Waals surface area contributed by atoms with E-state index in [1.54, 1.807) is 4.90 Å². The number of rotatable bonds is 14. The van der Waals surface area contributed by atoms with E-state index in [-0.39, 0.29) is 12.2 Å². The highest BCUT2D eigenvalue weighted by Gasteiger charge is 2.31. The molecule has 0 aromatic heterocycles. The van der Waals surface area contributed by atoms with Crippen LogP contribution < -0.4 is 9.64 Å². The van der Waals surface area contributed by atoms with Gasteiger partial charge in [0.2, 0.25) is 0 Å². The standard InChI is InChI=1S/C31H41NO3/c1-3-5-7-9-10-12-24-34-29-22-18-27(19-23-29)15-14-26-16-20-28(21-17-26)32-25-30(35-31(32)33)13-11-8-6-4-2/h16-23,30H,3-13,24-25H2,1-2H3/t30-/m1/s1. The van der Waals surface area contributed by atoms with Crippen LogP contribution in [0.25, 0.3) is 0 Å². The van der Waals surface area contributed by atoms with E-state index in [4.69, 9.17) is 9.47 Å². The van der Waals surface area contributed by atoms with E-state index < -0.39 is 0 Å². The van der Waals surface area contributed by atoms with Crippen molar-refractivity contribution < 1.29 is 14.3 Å². The Balaban J connectivity index is 1.43. The highest BCUT2D eigenvalue weighted by molar-refractivity contribution is 5.89. The molecule has 0 N–H and O–H groups in total. The van der Waals surface area contributed by atoms with Crippen LogP contribution in [-0.2, 0) is 4.74 Å². The summed E-state index contributed by atoms with van der Waals surface area (Å²) < 4.78 is 11.4. The highest BCUT2D eigenvalue weighted by Crippen LogP contribution is 2.24. The third-order valence-electron chi connectivity index (χ3n) is 6.40. The van der Waals surface area contributed by atoms with Gasteiger partial charge in [-0.3, -0.25) is 4.90 Å². The van der Waals surface area contributed by atoms with Crippen molar-refractivity contribution in [1.29, 1.82) is 0 Å². The molecule has 0 aliphatic carbocycles. The van der Waals surface area contributed by atoms with Crippen molar-refractivity contribution in [2.24, 2.45) is 0 Å². The van der Waals surface area contributed by atoms with Crippen LogP contribution >= 0.6 is 0 Å². The fraction of sp³-hybridized carbons (Fsp3) is 0.516. The Bertz CT molecular complexity index is 940. The van der Waals surface area contributed by atoms with Crippen LogP contribution in [0.1, 0.15) is 95.6 Å². The Kier molecular flexibility index (Phi) is 11.5. The second-order valence-electron chi connectivity index (χ2n) is 9.40. The predicted molar refractivity (Wildman–Crippen MR) is 144 cm³/mol. The highest BCUT2D eigenvalue weighted by atomic mass is 16.6. The lowest BCUT2D eigenvalue weighted by atomic mass is 10.1. The smallest absolute Gasteiger partial charge is 0.414 e. The quantitative estimate of drug-likeness (QED) is 0.204. The maximum atomic E-state index is 12.3. The molecule has 0 spiro atoms. The van der Waals surface area contributed by atoms with Crippen LogP contribution in [0.2, 0.25) is 0 Å². The molecule has 4 heteroatoms. The number of unbranched alkanes of at least 4 members (excludes halogenated alkanes) is 8. The Labute approximate surface area is 212 Å². The summed E-state index contributed by atoms with van der Waals surface area (Å²) >= 11 is 0. The average molecular weight is 476 g/mol. The lowest BCUT2D eigenvalue weighted by Gasteiger charge is -2.12. The van der Waals surface area contributed by atoms with Gasteiger partial charge in [-0.25, -0.2) is 4.79 Å². The van der Waals surface area contributed by atoms with Crippen LogP contribution in [-0.4, -0.2) is 25.3 Å². The summed E-state index contributed by atoms with van der Waals surface area (Å²) in [7, 11) is 0. The summed E-state index contributed by atoms with van der Waals surface area (Å²) in [4.78, 5) is 14.0. The fourth-order valence-corrected chi connectivity index (χ4v) is 4.26. The molecule has 1 heterocycles. The molecule has 1 amide bonds. The summed E-state index contributed by atoms with van der Waals surface area (Å²) in [6.45, 7) is 5.84. The molecule has 2 aromatic rings. The van der Waals surface area contributed by atoms with Gasteiger partial charge in [-0.15, -0.1) is 0 Å². The molecule has 0 saturated carbocycles. The van der Waals surface area contributed by atoms with Crippen molar-refractivity contribution in [3.8, 4) is 17.6 Å². The van der Waals surface area contributed by atoms with Crippen LogP contribution in [0.5, 0.6) is 5.75 Å². The molecule has 188 valence electrons. The van der Waals surface area contributed by atoms with E-state index in [1.165, 1.54) is 51.4 Å². The van der Waals surface area contributed by atoms with Crippen LogP contribution in [0, 0.1) is 11.8 Å². The first kappa shape index (κ1) is 26.7. The minimum Gasteiger partial charge on any atom is -0.494 e. The zero-order valence-electron chi connectivity index (χ0n) is 21.6. The number of anilines is 1. The van der Waals surface area contributed by atoms with Crippen molar-refractivity contribution in [3.63, 3.8) is 0 Å². The summed E-state index contributed by atoms with van der Waals surface area (Å²) in [6.07, 6.45) is 13.0. The van der Waals surface area contributed by atoms with Crippen LogP contribution in [0.3, 0.4) is 0 Å². The minimum atomic E-state index is -0.247. The summed E-state index contributed by atoms with van der Waals surface area (Å²) in [5.41, 5.74) is 2.74. The number of carbonyl (C=O) groups excluding carboxylic acids is 1. The number of amides is 1. The number of carbonyl (C=O) groups is 1. The Morgan fingerprint density at radius 1 is 0.800 bits per heavy atom. The van der Waals surface area contributed by atoms with Crippen LogP contribution in [0.15, 0.2) is 48.5 Å². The largest absolute Gasteiger partial charge is 0.494 e. The normalized spacial score (nSPS) is 15.0. The number of hydrogen-bond donors (Lipinski definition) is 0. The number of cyclic esters (lactones) is 1.